The van der Waals surface area contributed by atoms with Gasteiger partial charge in [0.1, 0.15) is 0 Å². The first-order valence-electron chi connectivity index (χ1n) is 8.26. The van der Waals surface area contributed by atoms with Crippen LogP contribution in [0, 0.1) is 0 Å². The van der Waals surface area contributed by atoms with Gasteiger partial charge in [0, 0.05) is 20.2 Å². The van der Waals surface area contributed by atoms with Crippen LogP contribution in [0.3, 0.4) is 0 Å². The Balaban J connectivity index is 1.76. The van der Waals surface area contributed by atoms with Gasteiger partial charge < -0.3 is 0 Å². The van der Waals surface area contributed by atoms with E-state index in [1.54, 1.807) is 0 Å². The lowest BCUT2D eigenvalue weighted by molar-refractivity contribution is 1.53. The monoisotopic (exact) mass is 338 g/mol. The Morgan fingerprint density at radius 3 is 2.48 bits per heavy atom. The highest BCUT2D eigenvalue weighted by Crippen LogP contribution is 2.37. The quantitative estimate of drug-likeness (QED) is 0.432. The molecule has 0 aliphatic heterocycles. The van der Waals surface area contributed by atoms with Gasteiger partial charge in [-0.2, -0.15) is 0 Å². The molecule has 0 amide bonds. The lowest BCUT2D eigenvalue weighted by Gasteiger charge is -2.02. The Hall–Kier alpha value is -2.90. The van der Waals surface area contributed by atoms with E-state index in [-0.39, 0.29) is 0 Å². The zero-order valence-corrected chi connectivity index (χ0v) is 14.7. The van der Waals surface area contributed by atoms with E-state index < -0.39 is 0 Å². The van der Waals surface area contributed by atoms with Crippen molar-refractivity contribution in [3.8, 4) is 0 Å². The molecule has 0 nitrogen and oxygen atoms in total. The van der Waals surface area contributed by atoms with Gasteiger partial charge in [0.2, 0.25) is 0 Å². The molecule has 1 heterocycles. The highest BCUT2D eigenvalue weighted by molar-refractivity contribution is 7.26. The van der Waals surface area contributed by atoms with Gasteiger partial charge in [-0.1, -0.05) is 92.0 Å². The maximum absolute atomic E-state index is 4.28. The molecule has 3 aromatic carbocycles. The van der Waals surface area contributed by atoms with E-state index in [0.717, 1.165) is 16.0 Å². The largest absolute Gasteiger partial charge is 0.135 e. The average Bonchev–Trinajstić information content (AvgIpc) is 3.02. The van der Waals surface area contributed by atoms with E-state index in [4.69, 9.17) is 0 Å². The van der Waals surface area contributed by atoms with Gasteiger partial charge >= 0.3 is 0 Å². The van der Waals surface area contributed by atoms with Crippen LogP contribution in [0.15, 0.2) is 85.5 Å². The van der Waals surface area contributed by atoms with E-state index in [9.17, 15) is 0 Å². The van der Waals surface area contributed by atoms with Crippen molar-refractivity contribution in [2.75, 3.05) is 0 Å². The molecule has 120 valence electrons. The second-order valence-electron chi connectivity index (χ2n) is 6.03. The Labute approximate surface area is 151 Å². The number of hydrogen-bond donors (Lipinski definition) is 0. The van der Waals surface area contributed by atoms with Crippen LogP contribution in [0.2, 0.25) is 0 Å². The molecule has 0 radical (unpaired) electrons. The number of benzene rings is 3. The minimum absolute atomic E-state index is 1.02. The van der Waals surface area contributed by atoms with Crippen molar-refractivity contribution in [3.63, 3.8) is 0 Å². The minimum atomic E-state index is 1.02. The van der Waals surface area contributed by atoms with Gasteiger partial charge in [0.15, 0.2) is 0 Å². The summed E-state index contributed by atoms with van der Waals surface area (Å²) in [7, 11) is 0. The van der Waals surface area contributed by atoms with Crippen molar-refractivity contribution in [1.82, 2.24) is 0 Å². The molecule has 0 unspecified atom stereocenters. The first-order valence-corrected chi connectivity index (χ1v) is 9.07. The van der Waals surface area contributed by atoms with Crippen molar-refractivity contribution < 1.29 is 0 Å². The summed E-state index contributed by atoms with van der Waals surface area (Å²) in [5.74, 6) is 0. The van der Waals surface area contributed by atoms with Gasteiger partial charge in [0.05, 0.1) is 0 Å². The summed E-state index contributed by atoms with van der Waals surface area (Å²) in [6.45, 7) is 8.34. The Morgan fingerprint density at radius 1 is 0.840 bits per heavy atom. The zero-order chi connectivity index (χ0) is 17.2. The van der Waals surface area contributed by atoms with Crippen LogP contribution in [0.1, 0.15) is 5.56 Å². The molecule has 0 aliphatic rings. The molecule has 4 aromatic rings. The van der Waals surface area contributed by atoms with E-state index in [1.165, 1.54) is 25.7 Å². The SMILES string of the molecule is C=C(/C=C/C=c1\ccccc1=C)c1cccc2c1sc1ccccc12. The summed E-state index contributed by atoms with van der Waals surface area (Å²) < 4.78 is 2.62. The topological polar surface area (TPSA) is 0 Å². The van der Waals surface area contributed by atoms with Gasteiger partial charge in [-0.25, -0.2) is 0 Å². The number of hydrogen-bond acceptors (Lipinski definition) is 1. The van der Waals surface area contributed by atoms with Crippen LogP contribution in [-0.2, 0) is 0 Å². The average molecular weight is 338 g/mol. The number of thiophene rings is 1. The third kappa shape index (κ3) is 2.95. The number of fused-ring (bicyclic) bond motifs is 3. The zero-order valence-electron chi connectivity index (χ0n) is 13.9. The van der Waals surface area contributed by atoms with Crippen LogP contribution >= 0.6 is 11.3 Å². The van der Waals surface area contributed by atoms with Crippen molar-refractivity contribution in [2.45, 2.75) is 0 Å². The third-order valence-corrected chi connectivity index (χ3v) is 5.60. The molecule has 0 saturated heterocycles. The van der Waals surface area contributed by atoms with Crippen molar-refractivity contribution >= 4 is 49.7 Å². The summed E-state index contributed by atoms with van der Waals surface area (Å²) in [6.07, 6.45) is 6.21. The van der Waals surface area contributed by atoms with Crippen molar-refractivity contribution in [2.24, 2.45) is 0 Å². The number of allylic oxidation sites excluding steroid dienone is 3. The summed E-state index contributed by atoms with van der Waals surface area (Å²) in [5, 5.41) is 4.79. The minimum Gasteiger partial charge on any atom is -0.135 e. The van der Waals surface area contributed by atoms with Crippen LogP contribution < -0.4 is 10.4 Å². The maximum atomic E-state index is 4.28. The molecular weight excluding hydrogens is 320 g/mol. The molecular formula is C24H18S. The molecule has 25 heavy (non-hydrogen) atoms. The fourth-order valence-electron chi connectivity index (χ4n) is 3.05. The number of rotatable bonds is 3. The van der Waals surface area contributed by atoms with E-state index in [1.807, 2.05) is 29.5 Å². The molecule has 0 aliphatic carbocycles. The van der Waals surface area contributed by atoms with Gasteiger partial charge in [0.25, 0.3) is 0 Å². The van der Waals surface area contributed by atoms with E-state index >= 15 is 0 Å². The normalized spacial score (nSPS) is 12.4. The van der Waals surface area contributed by atoms with Gasteiger partial charge in [-0.15, -0.1) is 11.3 Å². The molecule has 4 rings (SSSR count). The molecule has 0 saturated carbocycles. The fourth-order valence-corrected chi connectivity index (χ4v) is 4.31. The summed E-state index contributed by atoms with van der Waals surface area (Å²) >= 11 is 1.83. The third-order valence-electron chi connectivity index (χ3n) is 4.38. The smallest absolute Gasteiger partial charge is 0.0433 e. The van der Waals surface area contributed by atoms with Crippen LogP contribution in [0.5, 0.6) is 0 Å². The van der Waals surface area contributed by atoms with Crippen molar-refractivity contribution in [1.29, 1.82) is 0 Å². The van der Waals surface area contributed by atoms with Crippen molar-refractivity contribution in [3.05, 3.63) is 101 Å². The van der Waals surface area contributed by atoms with Crippen LogP contribution in [-0.4, -0.2) is 0 Å². The second kappa shape index (κ2) is 6.54. The molecule has 0 fully saturated rings. The van der Waals surface area contributed by atoms with E-state index in [0.29, 0.717) is 0 Å². The summed E-state index contributed by atoms with van der Waals surface area (Å²) in [5.41, 5.74) is 2.22. The highest BCUT2D eigenvalue weighted by atomic mass is 32.1. The van der Waals surface area contributed by atoms with E-state index in [2.05, 4.69) is 79.9 Å². The lowest BCUT2D eigenvalue weighted by Crippen LogP contribution is -2.21. The molecule has 0 atom stereocenters. The predicted molar refractivity (Wildman–Crippen MR) is 113 cm³/mol. The molecule has 0 N–H and O–H groups in total. The molecule has 0 bridgehead atoms. The molecule has 1 aromatic heterocycles. The predicted octanol–water partition coefficient (Wildman–Crippen LogP) is 5.51. The fraction of sp³-hybridized carbons (Fsp3) is 0. The molecule has 0 spiro atoms. The summed E-state index contributed by atoms with van der Waals surface area (Å²) in [6, 6.07) is 23.2. The van der Waals surface area contributed by atoms with Gasteiger partial charge in [-0.3, -0.25) is 0 Å². The maximum Gasteiger partial charge on any atom is 0.0433 e. The first kappa shape index (κ1) is 15.6. The van der Waals surface area contributed by atoms with Gasteiger partial charge in [-0.05, 0) is 27.6 Å². The Morgan fingerprint density at radius 2 is 1.60 bits per heavy atom. The molecule has 1 heteroatoms. The van der Waals surface area contributed by atoms with Crippen LogP contribution in [0.4, 0.5) is 0 Å². The highest BCUT2D eigenvalue weighted by Gasteiger charge is 2.08. The first-order chi connectivity index (χ1) is 12.2. The Kier molecular flexibility index (Phi) is 4.09. The summed E-state index contributed by atoms with van der Waals surface area (Å²) in [4.78, 5) is 0. The standard InChI is InChI=1S/C24H18S/c1-17-9-3-4-11-19(17)12-7-10-18(2)20-14-8-15-22-21-13-5-6-16-23(21)25-24(20)22/h3-16H,1-2H2/b10-7+,19-12+. The lowest BCUT2D eigenvalue weighted by atomic mass is 10.0. The Bertz CT molecular complexity index is 1220. The second-order valence-corrected chi connectivity index (χ2v) is 7.08. The van der Waals surface area contributed by atoms with Crippen LogP contribution in [0.25, 0.3) is 38.4 Å².